The Hall–Kier alpha value is -3.53. The number of carbonyl (C=O) groups is 4. The first kappa shape index (κ1) is 37.7. The maximum absolute atomic E-state index is 14.4. The summed E-state index contributed by atoms with van der Waals surface area (Å²) in [6, 6.07) is 13.2. The van der Waals surface area contributed by atoms with Crippen LogP contribution in [0.2, 0.25) is 0 Å². The van der Waals surface area contributed by atoms with E-state index in [0.29, 0.717) is 12.0 Å². The topological polar surface area (TPSA) is 114 Å². The number of nitrogens with one attached hydrogen (secondary N) is 2. The Morgan fingerprint density at radius 1 is 0.800 bits per heavy atom. The van der Waals surface area contributed by atoms with Gasteiger partial charge in [-0.3, -0.25) is 9.59 Å². The van der Waals surface area contributed by atoms with Crippen LogP contribution >= 0.6 is 12.6 Å². The third-order valence-corrected chi connectivity index (χ3v) is 7.38. The van der Waals surface area contributed by atoms with Crippen molar-refractivity contribution in [3.63, 3.8) is 0 Å². The Bertz CT molecular complexity index is 1270. The Balaban J connectivity index is 2.60. The number of rotatable bonds is 13. The van der Waals surface area contributed by atoms with Gasteiger partial charge in [0.15, 0.2) is 0 Å². The number of ether oxygens (including phenoxy) is 2. The van der Waals surface area contributed by atoms with Crippen molar-refractivity contribution < 1.29 is 28.7 Å². The average molecular weight is 642 g/mol. The van der Waals surface area contributed by atoms with Crippen LogP contribution in [0.5, 0.6) is 0 Å². The lowest BCUT2D eigenvalue weighted by molar-refractivity contribution is -0.159. The molecule has 0 bridgehead atoms. The summed E-state index contributed by atoms with van der Waals surface area (Å²) < 4.78 is 11.1. The van der Waals surface area contributed by atoms with Gasteiger partial charge in [0, 0.05) is 18.2 Å². The molecule has 248 valence electrons. The van der Waals surface area contributed by atoms with Crippen LogP contribution in [-0.4, -0.2) is 63.9 Å². The summed E-state index contributed by atoms with van der Waals surface area (Å²) in [6.45, 7) is 16.3. The highest BCUT2D eigenvalue weighted by atomic mass is 32.1. The van der Waals surface area contributed by atoms with Crippen molar-refractivity contribution in [1.82, 2.24) is 15.5 Å². The van der Waals surface area contributed by atoms with E-state index < -0.39 is 59.2 Å². The maximum Gasteiger partial charge on any atom is 0.408 e. The second kappa shape index (κ2) is 16.7. The smallest absolute Gasteiger partial charge is 0.408 e. The van der Waals surface area contributed by atoms with Crippen LogP contribution in [0.25, 0.3) is 0 Å². The zero-order chi connectivity index (χ0) is 33.9. The first-order valence-corrected chi connectivity index (χ1v) is 16.2. The number of carbonyl (C=O) groups excluding carboxylic acids is 4. The third kappa shape index (κ3) is 12.1. The molecule has 0 aromatic heterocycles. The van der Waals surface area contributed by atoms with Crippen molar-refractivity contribution >= 4 is 36.5 Å². The van der Waals surface area contributed by atoms with Crippen LogP contribution in [-0.2, 0) is 36.7 Å². The molecule has 0 aliphatic heterocycles. The minimum absolute atomic E-state index is 0.0251. The number of hydrogen-bond donors (Lipinski definition) is 3. The fraction of sp³-hybridized carbons (Fsp3) is 0.543. The summed E-state index contributed by atoms with van der Waals surface area (Å²) >= 11 is 4.36. The number of amides is 3. The molecular weight excluding hydrogens is 590 g/mol. The van der Waals surface area contributed by atoms with Crippen molar-refractivity contribution in [3.05, 3.63) is 71.3 Å². The molecule has 4 unspecified atom stereocenters. The molecule has 2 aromatic rings. The first-order chi connectivity index (χ1) is 21.0. The summed E-state index contributed by atoms with van der Waals surface area (Å²) in [4.78, 5) is 56.3. The van der Waals surface area contributed by atoms with Crippen molar-refractivity contribution in [2.24, 2.45) is 0 Å². The number of hydrogen-bond acceptors (Lipinski definition) is 7. The van der Waals surface area contributed by atoms with Crippen LogP contribution in [0.1, 0.15) is 91.5 Å². The Kier molecular flexibility index (Phi) is 14.0. The molecular formula is C35H51N3O6S. The fourth-order valence-corrected chi connectivity index (χ4v) is 4.90. The third-order valence-electron chi connectivity index (χ3n) is 7.01. The molecule has 10 heteroatoms. The van der Waals surface area contributed by atoms with Gasteiger partial charge in [-0.05, 0) is 78.0 Å². The van der Waals surface area contributed by atoms with Gasteiger partial charge in [0.25, 0.3) is 0 Å². The summed E-state index contributed by atoms with van der Waals surface area (Å²) in [5, 5.41) is 5.55. The molecule has 4 atom stereocenters. The number of alkyl carbamates (subject to hydrolysis) is 1. The summed E-state index contributed by atoms with van der Waals surface area (Å²) in [5.74, 6) is -1.65. The number of benzene rings is 2. The lowest BCUT2D eigenvalue weighted by atomic mass is 9.97. The quantitative estimate of drug-likeness (QED) is 0.188. The zero-order valence-electron chi connectivity index (χ0n) is 28.2. The Labute approximate surface area is 274 Å². The first-order valence-electron chi connectivity index (χ1n) is 15.6. The number of nitrogens with zero attached hydrogens (tertiary/aromatic N) is 1. The zero-order valence-corrected chi connectivity index (χ0v) is 29.1. The van der Waals surface area contributed by atoms with Gasteiger partial charge in [0.2, 0.25) is 11.8 Å². The second-order valence-electron chi connectivity index (χ2n) is 13.2. The molecule has 0 spiro atoms. The van der Waals surface area contributed by atoms with E-state index in [-0.39, 0.29) is 12.2 Å². The predicted molar refractivity (Wildman–Crippen MR) is 180 cm³/mol. The number of thiol groups is 1. The minimum Gasteiger partial charge on any atom is -0.458 e. The van der Waals surface area contributed by atoms with Crippen LogP contribution in [0.15, 0.2) is 54.6 Å². The van der Waals surface area contributed by atoms with Crippen molar-refractivity contribution in [2.75, 3.05) is 5.75 Å². The van der Waals surface area contributed by atoms with E-state index in [9.17, 15) is 19.2 Å². The normalized spacial score (nSPS) is 14.4. The van der Waals surface area contributed by atoms with Gasteiger partial charge < -0.3 is 25.0 Å². The van der Waals surface area contributed by atoms with Crippen molar-refractivity contribution in [2.45, 2.75) is 117 Å². The van der Waals surface area contributed by atoms with Gasteiger partial charge in [0.1, 0.15) is 29.3 Å². The number of aryl methyl sites for hydroxylation is 1. The van der Waals surface area contributed by atoms with Gasteiger partial charge >= 0.3 is 12.1 Å². The average Bonchev–Trinajstić information content (AvgIpc) is 2.96. The standard InChI is InChI=1S/C35H51N3O6S/c1-10-23(3)38(31(40)28(22-45)37-33(42)44-35(7,8)9)29(26-19-17-24(11-2)18-20-26)30(39)36-27(32(41)43-34(4,5)6)21-25-15-13-12-14-16-25/h12-20,23,27-29,45H,10-11,21-22H2,1-9H3,(H,36,39)(H,37,42). The number of esters is 1. The largest absolute Gasteiger partial charge is 0.458 e. The van der Waals surface area contributed by atoms with E-state index in [1.54, 1.807) is 41.5 Å². The van der Waals surface area contributed by atoms with Gasteiger partial charge in [-0.1, -0.05) is 68.4 Å². The molecule has 9 nitrogen and oxygen atoms in total. The lowest BCUT2D eigenvalue weighted by Crippen LogP contribution is -2.57. The molecule has 0 aliphatic rings. The molecule has 0 fully saturated rings. The van der Waals surface area contributed by atoms with E-state index in [1.807, 2.05) is 75.4 Å². The summed E-state index contributed by atoms with van der Waals surface area (Å²) in [6.07, 6.45) is 0.748. The fourth-order valence-electron chi connectivity index (χ4n) is 4.65. The van der Waals surface area contributed by atoms with Crippen molar-refractivity contribution in [3.8, 4) is 0 Å². The van der Waals surface area contributed by atoms with E-state index in [0.717, 1.165) is 17.5 Å². The lowest BCUT2D eigenvalue weighted by Gasteiger charge is -2.38. The SMILES string of the molecule is CCc1ccc(C(C(=O)NC(Cc2ccccc2)C(=O)OC(C)(C)C)N(C(=O)C(CS)NC(=O)OC(C)(C)C)C(C)CC)cc1. The summed E-state index contributed by atoms with van der Waals surface area (Å²) in [7, 11) is 0. The molecule has 0 radical (unpaired) electrons. The van der Waals surface area contributed by atoms with Crippen LogP contribution in [0, 0.1) is 0 Å². The highest BCUT2D eigenvalue weighted by molar-refractivity contribution is 7.80. The molecule has 0 saturated carbocycles. The minimum atomic E-state index is -1.12. The van der Waals surface area contributed by atoms with Gasteiger partial charge in [-0.2, -0.15) is 12.6 Å². The second-order valence-corrected chi connectivity index (χ2v) is 13.5. The van der Waals surface area contributed by atoms with Crippen LogP contribution in [0.3, 0.4) is 0 Å². The van der Waals surface area contributed by atoms with Crippen LogP contribution in [0.4, 0.5) is 4.79 Å². The van der Waals surface area contributed by atoms with E-state index in [2.05, 4.69) is 23.3 Å². The molecule has 45 heavy (non-hydrogen) atoms. The molecule has 2 rings (SSSR count). The molecule has 2 N–H and O–H groups in total. The van der Waals surface area contributed by atoms with E-state index >= 15 is 0 Å². The Morgan fingerprint density at radius 2 is 1.38 bits per heavy atom. The van der Waals surface area contributed by atoms with Gasteiger partial charge in [0.05, 0.1) is 0 Å². The molecule has 0 heterocycles. The molecule has 2 aromatic carbocycles. The monoisotopic (exact) mass is 641 g/mol. The molecule has 0 aliphatic carbocycles. The van der Waals surface area contributed by atoms with Gasteiger partial charge in [-0.25, -0.2) is 9.59 Å². The van der Waals surface area contributed by atoms with E-state index in [1.165, 1.54) is 4.90 Å². The highest BCUT2D eigenvalue weighted by Crippen LogP contribution is 2.27. The highest BCUT2D eigenvalue weighted by Gasteiger charge is 2.40. The maximum atomic E-state index is 14.4. The molecule has 3 amide bonds. The predicted octanol–water partition coefficient (Wildman–Crippen LogP) is 5.81. The van der Waals surface area contributed by atoms with Gasteiger partial charge in [-0.15, -0.1) is 0 Å². The molecule has 0 saturated heterocycles. The van der Waals surface area contributed by atoms with Crippen LogP contribution < -0.4 is 10.6 Å². The van der Waals surface area contributed by atoms with E-state index in [4.69, 9.17) is 9.47 Å². The summed E-state index contributed by atoms with van der Waals surface area (Å²) in [5.41, 5.74) is 0.914. The Morgan fingerprint density at radius 3 is 1.87 bits per heavy atom. The van der Waals surface area contributed by atoms with Crippen molar-refractivity contribution in [1.29, 1.82) is 0 Å².